The maximum absolute atomic E-state index is 11.8. The molecule has 0 unspecified atom stereocenters. The Morgan fingerprint density at radius 3 is 1.97 bits per heavy atom. The van der Waals surface area contributed by atoms with Crippen molar-refractivity contribution in [3.05, 3.63) is 40.9 Å². The number of H-pyrrole nitrogens is 1. The Hall–Kier alpha value is -6.37. The van der Waals surface area contributed by atoms with E-state index in [0.29, 0.717) is 6.42 Å². The molecule has 0 aliphatic heterocycles. The summed E-state index contributed by atoms with van der Waals surface area (Å²) in [4.78, 5) is 24.5. The normalized spacial score (nSPS) is 9.92. The summed E-state index contributed by atoms with van der Waals surface area (Å²) in [6.45, 7) is 5.96. The van der Waals surface area contributed by atoms with Crippen LogP contribution in [-0.4, -0.2) is 16.4 Å². The number of fused-ring (bicyclic) bond motifs is 1. The summed E-state index contributed by atoms with van der Waals surface area (Å²) in [6.07, 6.45) is 2.33. The molecule has 0 atom stereocenters. The lowest BCUT2D eigenvalue weighted by atomic mass is 10.1. The highest BCUT2D eigenvalue weighted by atomic mass is 16.3. The summed E-state index contributed by atoms with van der Waals surface area (Å²) >= 11 is 0. The molecule has 2 rings (SSSR count). The van der Waals surface area contributed by atoms with Gasteiger partial charge in [-0.1, -0.05) is 28.4 Å². The first-order valence-electron chi connectivity index (χ1n) is 10.5. The molecule has 0 aliphatic rings. The van der Waals surface area contributed by atoms with Crippen molar-refractivity contribution in [3.63, 3.8) is 0 Å². The summed E-state index contributed by atoms with van der Waals surface area (Å²) in [5, 5.41) is 32.4. The van der Waals surface area contributed by atoms with Crippen molar-refractivity contribution in [1.82, 2.24) is 10.3 Å². The van der Waals surface area contributed by atoms with Gasteiger partial charge in [0, 0.05) is 80.4 Å². The van der Waals surface area contributed by atoms with Gasteiger partial charge in [0.1, 0.15) is 5.29 Å². The number of para-hydroxylation sites is 1. The standard InChI is InChI=1S/C14H18N2O.C10HN11O/c1-14(2,3)16-13(17)8-10-9-15-12-7-5-4-6-11(10)12;11-14-17-18-15-12-9-7-5-3-1-2-4-6-8-10-13-16-19-20-21-22/h4-7,9,15H,8H2,1-3H3,(H,16,17);11H/b;14-11?,15-12?,16-13?,18-17+,20-19+. The number of rotatable bonds is 6. The van der Waals surface area contributed by atoms with Crippen LogP contribution >= 0.6 is 0 Å². The third kappa shape index (κ3) is 16.0. The maximum atomic E-state index is 11.8. The quantitative estimate of drug-likeness (QED) is 0.211. The Kier molecular flexibility index (Phi) is 14.9. The number of aromatic amines is 1. The molecular weight excluding hydrogens is 502 g/mol. The molecule has 0 fully saturated rings. The van der Waals surface area contributed by atoms with E-state index in [2.05, 4.69) is 122 Å². The van der Waals surface area contributed by atoms with Gasteiger partial charge in [0.2, 0.25) is 5.91 Å². The van der Waals surface area contributed by atoms with Gasteiger partial charge in [-0.15, -0.1) is 4.91 Å². The second-order valence-electron chi connectivity index (χ2n) is 7.48. The van der Waals surface area contributed by atoms with Gasteiger partial charge < -0.3 is 10.3 Å². The van der Waals surface area contributed by atoms with Crippen molar-refractivity contribution >= 4 is 16.8 Å². The number of amides is 1. The molecular formula is C24H19N13O2. The fourth-order valence-corrected chi connectivity index (χ4v) is 2.36. The number of aromatic nitrogens is 1. The molecule has 15 nitrogen and oxygen atoms in total. The Morgan fingerprint density at radius 2 is 1.41 bits per heavy atom. The first-order chi connectivity index (χ1) is 18.9. The Balaban J connectivity index is 0.000000400. The Labute approximate surface area is 222 Å². The van der Waals surface area contributed by atoms with E-state index in [1.54, 1.807) is 0 Å². The molecule has 15 heteroatoms. The van der Waals surface area contributed by atoms with Crippen molar-refractivity contribution in [3.8, 4) is 59.5 Å². The summed E-state index contributed by atoms with van der Waals surface area (Å²) in [5.41, 5.74) is 8.18. The van der Waals surface area contributed by atoms with Crippen LogP contribution in [0, 0.1) is 69.9 Å². The predicted octanol–water partition coefficient (Wildman–Crippen LogP) is 4.81. The smallest absolute Gasteiger partial charge is 0.224 e. The first kappa shape index (κ1) is 30.7. The number of carbonyl (C=O) groups excluding carboxylic acids is 1. The lowest BCUT2D eigenvalue weighted by Gasteiger charge is -2.20. The highest BCUT2D eigenvalue weighted by Gasteiger charge is 2.15. The molecule has 0 saturated carbocycles. The average Bonchev–Trinajstić information content (AvgIpc) is 3.30. The molecule has 1 aromatic heterocycles. The maximum Gasteiger partial charge on any atom is 0.224 e. The van der Waals surface area contributed by atoms with Crippen LogP contribution in [0.4, 0.5) is 0 Å². The molecule has 2 aromatic rings. The number of carbonyl (C=O) groups is 1. The molecule has 39 heavy (non-hydrogen) atoms. The van der Waals surface area contributed by atoms with E-state index in [1.165, 1.54) is 0 Å². The van der Waals surface area contributed by atoms with Crippen LogP contribution in [-0.2, 0) is 11.2 Å². The van der Waals surface area contributed by atoms with Crippen molar-refractivity contribution < 1.29 is 4.79 Å². The van der Waals surface area contributed by atoms with Gasteiger partial charge in [-0.3, -0.25) is 4.79 Å². The summed E-state index contributed by atoms with van der Waals surface area (Å²) in [7, 11) is 0. The predicted molar refractivity (Wildman–Crippen MR) is 139 cm³/mol. The van der Waals surface area contributed by atoms with E-state index >= 15 is 0 Å². The fourth-order valence-electron chi connectivity index (χ4n) is 2.36. The van der Waals surface area contributed by atoms with Gasteiger partial charge in [0.05, 0.1) is 18.5 Å². The largest absolute Gasteiger partial charge is 0.361 e. The van der Waals surface area contributed by atoms with E-state index in [-0.39, 0.29) is 11.4 Å². The SMILES string of the molecule is CC(C)(C)NC(=O)Cc1c[nH]c2ccccc12.N=N/N=N/N=NC#CC#CC#CC#CC#CN=N/N=N/N=O. The Bertz CT molecular complexity index is 1520. The minimum absolute atomic E-state index is 0.0576. The van der Waals surface area contributed by atoms with Crippen molar-refractivity contribution in [2.75, 3.05) is 0 Å². The van der Waals surface area contributed by atoms with Gasteiger partial charge in [-0.2, -0.15) is 5.53 Å². The van der Waals surface area contributed by atoms with Crippen molar-refractivity contribution in [2.45, 2.75) is 32.7 Å². The number of hydrogen-bond donors (Lipinski definition) is 3. The Morgan fingerprint density at radius 1 is 0.846 bits per heavy atom. The van der Waals surface area contributed by atoms with E-state index in [4.69, 9.17) is 5.53 Å². The summed E-state index contributed by atoms with van der Waals surface area (Å²) in [5.74, 6) is 18.7. The summed E-state index contributed by atoms with van der Waals surface area (Å²) < 4.78 is 0. The van der Waals surface area contributed by atoms with Gasteiger partial charge in [0.15, 0.2) is 0 Å². The van der Waals surface area contributed by atoms with Crippen LogP contribution in [0.15, 0.2) is 82.5 Å². The highest BCUT2D eigenvalue weighted by Crippen LogP contribution is 2.18. The molecule has 0 aliphatic carbocycles. The van der Waals surface area contributed by atoms with Crippen LogP contribution in [0.3, 0.4) is 0 Å². The van der Waals surface area contributed by atoms with Crippen LogP contribution in [0.2, 0.25) is 0 Å². The highest BCUT2D eigenvalue weighted by molar-refractivity contribution is 5.89. The molecule has 1 heterocycles. The van der Waals surface area contributed by atoms with Crippen LogP contribution in [0.25, 0.3) is 10.9 Å². The molecule has 3 N–H and O–H groups in total. The zero-order valence-electron chi connectivity index (χ0n) is 20.9. The minimum Gasteiger partial charge on any atom is -0.361 e. The molecule has 0 radical (unpaired) electrons. The van der Waals surface area contributed by atoms with E-state index in [1.807, 2.05) is 51.2 Å². The van der Waals surface area contributed by atoms with Gasteiger partial charge in [0.25, 0.3) is 0 Å². The molecule has 1 amide bonds. The van der Waals surface area contributed by atoms with Gasteiger partial charge >= 0.3 is 0 Å². The lowest BCUT2D eigenvalue weighted by molar-refractivity contribution is -0.121. The lowest BCUT2D eigenvalue weighted by Crippen LogP contribution is -2.41. The number of benzene rings is 1. The second-order valence-corrected chi connectivity index (χ2v) is 7.48. The minimum atomic E-state index is -0.177. The van der Waals surface area contributed by atoms with Crippen molar-refractivity contribution in [1.29, 1.82) is 5.53 Å². The number of hydrogen-bond acceptors (Lipinski definition) is 5. The average molecular weight is 522 g/mol. The zero-order valence-corrected chi connectivity index (χ0v) is 20.9. The first-order valence-corrected chi connectivity index (χ1v) is 10.5. The topological polar surface area (TPSA) is 209 Å². The van der Waals surface area contributed by atoms with Crippen LogP contribution < -0.4 is 5.32 Å². The van der Waals surface area contributed by atoms with E-state index in [9.17, 15) is 9.70 Å². The third-order valence-corrected chi connectivity index (χ3v) is 3.52. The molecule has 0 saturated heterocycles. The third-order valence-electron chi connectivity index (χ3n) is 3.52. The monoisotopic (exact) mass is 521 g/mol. The molecule has 0 spiro atoms. The van der Waals surface area contributed by atoms with Crippen molar-refractivity contribution in [2.24, 2.45) is 52.1 Å². The molecule has 0 bridgehead atoms. The summed E-state index contributed by atoms with van der Waals surface area (Å²) in [6, 6.07) is 12.3. The van der Waals surface area contributed by atoms with Gasteiger partial charge in [-0.05, 0) is 58.5 Å². The number of nitrogens with one attached hydrogen (secondary N) is 3. The number of nitrogens with zero attached hydrogens (tertiary/aromatic N) is 10. The fraction of sp³-hybridized carbons (Fsp3) is 0.208. The second kappa shape index (κ2) is 18.9. The van der Waals surface area contributed by atoms with Crippen LogP contribution in [0.5, 0.6) is 0 Å². The van der Waals surface area contributed by atoms with Crippen LogP contribution in [0.1, 0.15) is 26.3 Å². The molecule has 1 aromatic carbocycles. The van der Waals surface area contributed by atoms with E-state index in [0.717, 1.165) is 16.5 Å². The van der Waals surface area contributed by atoms with Gasteiger partial charge in [-0.25, -0.2) is 0 Å². The van der Waals surface area contributed by atoms with E-state index < -0.39 is 0 Å². The zero-order chi connectivity index (χ0) is 28.6. The number of nitroso groups, excluding NO2 is 1. The molecule has 192 valence electrons.